The van der Waals surface area contributed by atoms with Gasteiger partial charge in [-0.25, -0.2) is 0 Å². The summed E-state index contributed by atoms with van der Waals surface area (Å²) in [5, 5.41) is 0. The zero-order chi connectivity index (χ0) is 6.95. The normalized spacial score (nSPS) is 10.0. The molecule has 0 atom stereocenters. The Bertz CT molecular complexity index is 44.3. The molecule has 0 aromatic carbocycles. The van der Waals surface area contributed by atoms with Crippen LogP contribution in [0.2, 0.25) is 0 Å². The van der Waals surface area contributed by atoms with E-state index in [2.05, 4.69) is 12.6 Å². The summed E-state index contributed by atoms with van der Waals surface area (Å²) >= 11 is 5.03. The van der Waals surface area contributed by atoms with Gasteiger partial charge in [0.2, 0.25) is 0 Å². The molecule has 1 N–H and O–H groups in total. The molecule has 0 aromatic heterocycles. The Morgan fingerprint density at radius 2 is 1.78 bits per heavy atom. The van der Waals surface area contributed by atoms with Crippen molar-refractivity contribution in [2.75, 3.05) is 11.5 Å². The number of hydrogen-bond donors (Lipinski definition) is 2. The fourth-order valence-corrected chi connectivity index (χ4v) is 1.19. The number of rotatable bonds is 6. The molecule has 0 rings (SSSR count). The Balaban J connectivity index is 2.60. The molecule has 0 aliphatic carbocycles. The molecule has 56 valence electrons. The standard InChI is InChI=1S/C6H14OS2/c7-9-6-4-2-1-3-5-8/h7-8H,1-6H2. The molecule has 0 spiro atoms. The van der Waals surface area contributed by atoms with Crippen molar-refractivity contribution in [1.29, 1.82) is 0 Å². The first kappa shape index (κ1) is 9.66. The maximum atomic E-state index is 8.32. The number of hydrogen-bond acceptors (Lipinski definition) is 3. The first-order chi connectivity index (χ1) is 4.41. The summed E-state index contributed by atoms with van der Waals surface area (Å²) in [7, 11) is 0. The molecule has 0 heterocycles. The molecule has 0 aliphatic heterocycles. The van der Waals surface area contributed by atoms with Crippen molar-refractivity contribution in [3.63, 3.8) is 0 Å². The summed E-state index contributed by atoms with van der Waals surface area (Å²) in [4.78, 5) is 0. The van der Waals surface area contributed by atoms with Gasteiger partial charge in [0.15, 0.2) is 0 Å². The van der Waals surface area contributed by atoms with Crippen molar-refractivity contribution in [2.45, 2.75) is 25.7 Å². The Morgan fingerprint density at radius 3 is 2.33 bits per heavy atom. The van der Waals surface area contributed by atoms with E-state index < -0.39 is 0 Å². The summed E-state index contributed by atoms with van der Waals surface area (Å²) in [6, 6.07) is 0. The van der Waals surface area contributed by atoms with E-state index >= 15 is 0 Å². The van der Waals surface area contributed by atoms with Gasteiger partial charge in [0.25, 0.3) is 0 Å². The zero-order valence-corrected chi connectivity index (χ0v) is 7.26. The lowest BCUT2D eigenvalue weighted by Gasteiger charge is -1.94. The van der Waals surface area contributed by atoms with Crippen molar-refractivity contribution in [3.05, 3.63) is 0 Å². The predicted octanol–water partition coefficient (Wildman–Crippen LogP) is 2.68. The van der Waals surface area contributed by atoms with Gasteiger partial charge in [-0.3, -0.25) is 0 Å². The van der Waals surface area contributed by atoms with Crippen LogP contribution in [0.5, 0.6) is 0 Å². The molecule has 1 nitrogen and oxygen atoms in total. The van der Waals surface area contributed by atoms with Crippen molar-refractivity contribution >= 4 is 24.7 Å². The van der Waals surface area contributed by atoms with Gasteiger partial charge in [0.1, 0.15) is 0 Å². The van der Waals surface area contributed by atoms with Crippen LogP contribution in [0, 0.1) is 0 Å². The molecule has 0 amide bonds. The maximum Gasteiger partial charge on any atom is 0.0195 e. The number of unbranched alkanes of at least 4 members (excludes halogenated alkanes) is 3. The lowest BCUT2D eigenvalue weighted by Crippen LogP contribution is -1.81. The largest absolute Gasteiger partial charge is 0.330 e. The molecular formula is C6H14OS2. The fourth-order valence-electron chi connectivity index (χ4n) is 0.632. The van der Waals surface area contributed by atoms with Gasteiger partial charge in [-0.05, 0) is 30.6 Å². The molecule has 0 radical (unpaired) electrons. The second-order valence-electron chi connectivity index (χ2n) is 1.97. The Kier molecular flexibility index (Phi) is 9.30. The van der Waals surface area contributed by atoms with Crippen LogP contribution in [0.3, 0.4) is 0 Å². The van der Waals surface area contributed by atoms with Crippen molar-refractivity contribution < 1.29 is 4.55 Å². The van der Waals surface area contributed by atoms with Crippen molar-refractivity contribution in [1.82, 2.24) is 0 Å². The second-order valence-corrected chi connectivity index (χ2v) is 3.08. The summed E-state index contributed by atoms with van der Waals surface area (Å²) < 4.78 is 8.32. The average Bonchev–Trinajstić information content (AvgIpc) is 1.89. The Labute approximate surface area is 66.8 Å². The van der Waals surface area contributed by atoms with Crippen LogP contribution in [0.25, 0.3) is 0 Å². The highest BCUT2D eigenvalue weighted by atomic mass is 32.2. The monoisotopic (exact) mass is 166 g/mol. The van der Waals surface area contributed by atoms with Crippen LogP contribution >= 0.6 is 24.7 Å². The van der Waals surface area contributed by atoms with Crippen LogP contribution in [-0.4, -0.2) is 16.1 Å². The SMILES string of the molecule is OSCCCCCCS. The molecule has 0 unspecified atom stereocenters. The van der Waals surface area contributed by atoms with Gasteiger partial charge in [-0.2, -0.15) is 12.6 Å². The lowest BCUT2D eigenvalue weighted by molar-refractivity contribution is 0.651. The second kappa shape index (κ2) is 8.66. The highest BCUT2D eigenvalue weighted by Crippen LogP contribution is 2.04. The van der Waals surface area contributed by atoms with Gasteiger partial charge >= 0.3 is 0 Å². The van der Waals surface area contributed by atoms with E-state index in [1.54, 1.807) is 0 Å². The first-order valence-electron chi connectivity index (χ1n) is 3.29. The van der Waals surface area contributed by atoms with E-state index in [1.165, 1.54) is 19.3 Å². The van der Waals surface area contributed by atoms with Crippen LogP contribution in [0.4, 0.5) is 0 Å². The minimum Gasteiger partial charge on any atom is -0.330 e. The third-order valence-corrected chi connectivity index (χ3v) is 1.93. The van der Waals surface area contributed by atoms with Gasteiger partial charge in [-0.15, -0.1) is 0 Å². The Morgan fingerprint density at radius 1 is 1.11 bits per heavy atom. The van der Waals surface area contributed by atoms with Gasteiger partial charge in [0, 0.05) is 5.75 Å². The molecule has 0 aliphatic rings. The summed E-state index contributed by atoms with van der Waals surface area (Å²) in [6.45, 7) is 0. The van der Waals surface area contributed by atoms with Crippen LogP contribution < -0.4 is 0 Å². The summed E-state index contributed by atoms with van der Waals surface area (Å²) in [6.07, 6.45) is 4.83. The molecular weight excluding hydrogens is 152 g/mol. The van der Waals surface area contributed by atoms with E-state index in [1.807, 2.05) is 0 Å². The number of thiol groups is 1. The van der Waals surface area contributed by atoms with Crippen LogP contribution in [0.1, 0.15) is 25.7 Å². The Hall–Kier alpha value is 0.660. The van der Waals surface area contributed by atoms with Crippen LogP contribution in [0.15, 0.2) is 0 Å². The quantitative estimate of drug-likeness (QED) is 0.359. The van der Waals surface area contributed by atoms with E-state index in [-0.39, 0.29) is 0 Å². The topological polar surface area (TPSA) is 20.2 Å². The highest BCUT2D eigenvalue weighted by Gasteiger charge is 1.87. The van der Waals surface area contributed by atoms with Crippen molar-refractivity contribution in [3.8, 4) is 0 Å². The lowest BCUT2D eigenvalue weighted by atomic mass is 10.2. The van der Waals surface area contributed by atoms with Gasteiger partial charge in [-0.1, -0.05) is 12.8 Å². The molecule has 3 heteroatoms. The fraction of sp³-hybridized carbons (Fsp3) is 1.00. The van der Waals surface area contributed by atoms with E-state index in [4.69, 9.17) is 4.55 Å². The minimum atomic E-state index is 0.882. The van der Waals surface area contributed by atoms with Crippen LogP contribution in [-0.2, 0) is 0 Å². The average molecular weight is 166 g/mol. The smallest absolute Gasteiger partial charge is 0.0195 e. The van der Waals surface area contributed by atoms with Gasteiger partial charge in [0.05, 0.1) is 0 Å². The minimum absolute atomic E-state index is 0.882. The van der Waals surface area contributed by atoms with Crippen molar-refractivity contribution in [2.24, 2.45) is 0 Å². The molecule has 0 saturated carbocycles. The summed E-state index contributed by atoms with van der Waals surface area (Å²) in [5.41, 5.74) is 0. The third kappa shape index (κ3) is 8.66. The predicted molar refractivity (Wildman–Crippen MR) is 47.4 cm³/mol. The van der Waals surface area contributed by atoms with E-state index in [9.17, 15) is 0 Å². The van der Waals surface area contributed by atoms with E-state index in [0.717, 1.165) is 30.0 Å². The molecule has 9 heavy (non-hydrogen) atoms. The molecule has 0 aromatic rings. The molecule has 0 bridgehead atoms. The third-order valence-electron chi connectivity index (χ3n) is 1.14. The highest BCUT2D eigenvalue weighted by molar-refractivity contribution is 7.93. The molecule has 0 fully saturated rings. The summed E-state index contributed by atoms with van der Waals surface area (Å²) in [5.74, 6) is 1.87. The van der Waals surface area contributed by atoms with E-state index in [0.29, 0.717) is 0 Å². The first-order valence-corrected chi connectivity index (χ1v) is 4.86. The molecule has 0 saturated heterocycles. The maximum absolute atomic E-state index is 8.32. The zero-order valence-electron chi connectivity index (χ0n) is 5.55. The van der Waals surface area contributed by atoms with Gasteiger partial charge < -0.3 is 4.55 Å².